The van der Waals surface area contributed by atoms with E-state index in [1.54, 1.807) is 6.07 Å². The molecular weight excluding hydrogens is 401 g/mol. The second-order valence-corrected chi connectivity index (χ2v) is 7.14. The summed E-state index contributed by atoms with van der Waals surface area (Å²) in [6.45, 7) is -0.0664. The Labute approximate surface area is 171 Å². The second-order valence-electron chi connectivity index (χ2n) is 7.14. The fourth-order valence-electron chi connectivity index (χ4n) is 3.27. The molecule has 0 spiro atoms. The average Bonchev–Trinajstić information content (AvgIpc) is 2.68. The molecule has 4 N–H and O–H groups in total. The molecule has 3 rings (SSSR count). The molecule has 0 aliphatic heterocycles. The van der Waals surface area contributed by atoms with Gasteiger partial charge in [0.05, 0.1) is 17.2 Å². The highest BCUT2D eigenvalue weighted by atomic mass is 19.4. The molecule has 0 heterocycles. The Bertz CT molecular complexity index is 843. The number of alkyl halides is 3. The van der Waals surface area contributed by atoms with Crippen LogP contribution in [0.3, 0.4) is 0 Å². The van der Waals surface area contributed by atoms with E-state index in [0.29, 0.717) is 48.4 Å². The van der Waals surface area contributed by atoms with Crippen molar-refractivity contribution in [2.24, 2.45) is 0 Å². The van der Waals surface area contributed by atoms with Crippen LogP contribution >= 0.6 is 0 Å². The molecule has 162 valence electrons. The van der Waals surface area contributed by atoms with Crippen LogP contribution in [0.15, 0.2) is 42.5 Å². The largest absolute Gasteiger partial charge is 0.468 e. The Morgan fingerprint density at radius 3 is 2.07 bits per heavy atom. The number of carbonyl (C=O) groups excluding carboxylic acids is 1. The molecule has 2 aromatic carbocycles. The predicted octanol–water partition coefficient (Wildman–Crippen LogP) is 4.39. The molecule has 0 aromatic heterocycles. The minimum absolute atomic E-state index is 0.0664. The molecule has 6 nitrogen and oxygen atoms in total. The number of nitrogens with two attached hydrogens (primary N) is 2. The van der Waals surface area contributed by atoms with Gasteiger partial charge in [-0.25, -0.2) is 4.79 Å². The molecule has 0 radical (unpaired) electrons. The van der Waals surface area contributed by atoms with Gasteiger partial charge in [0.1, 0.15) is 11.9 Å². The van der Waals surface area contributed by atoms with Crippen molar-refractivity contribution in [3.05, 3.63) is 53.6 Å². The number of ether oxygens (including phenoxy) is 3. The van der Waals surface area contributed by atoms with Crippen molar-refractivity contribution in [2.75, 3.05) is 18.3 Å². The van der Waals surface area contributed by atoms with Gasteiger partial charge in [-0.2, -0.15) is 13.2 Å². The van der Waals surface area contributed by atoms with E-state index in [2.05, 4.69) is 0 Å². The number of anilines is 2. The smallest absolute Gasteiger partial charge is 0.416 e. The standard InChI is InChI=1S/C21H23F3N2O4/c22-21(23,24)14-1-3-17(4-2-14)28-12-29-18-5-7-19(8-6-18)30-20(27)13-9-15(25)11-16(26)10-13/h1-4,9-11,18-19H,5-8,12,25-26H2. The van der Waals surface area contributed by atoms with Crippen molar-refractivity contribution in [3.8, 4) is 5.75 Å². The van der Waals surface area contributed by atoms with Gasteiger partial charge in [-0.05, 0) is 68.1 Å². The van der Waals surface area contributed by atoms with Crippen LogP contribution in [-0.2, 0) is 15.7 Å². The third-order valence-electron chi connectivity index (χ3n) is 4.82. The molecule has 0 amide bonds. The van der Waals surface area contributed by atoms with Gasteiger partial charge >= 0.3 is 12.1 Å². The molecule has 0 saturated heterocycles. The normalized spacial score (nSPS) is 19.3. The number of benzene rings is 2. The van der Waals surface area contributed by atoms with Gasteiger partial charge in [0.2, 0.25) is 0 Å². The molecule has 9 heteroatoms. The Balaban J connectivity index is 1.39. The average molecular weight is 424 g/mol. The SMILES string of the molecule is Nc1cc(N)cc(C(=O)OC2CCC(OCOc3ccc(C(F)(F)F)cc3)CC2)c1. The quantitative estimate of drug-likeness (QED) is 0.406. The number of carbonyl (C=O) groups is 1. The molecule has 0 unspecified atom stereocenters. The zero-order chi connectivity index (χ0) is 21.7. The summed E-state index contributed by atoms with van der Waals surface area (Å²) < 4.78 is 54.2. The summed E-state index contributed by atoms with van der Waals surface area (Å²) in [5, 5.41) is 0. The number of halogens is 3. The number of hydrogen-bond donors (Lipinski definition) is 2. The summed E-state index contributed by atoms with van der Waals surface area (Å²) in [5.41, 5.74) is 11.8. The second kappa shape index (κ2) is 9.25. The number of hydrogen-bond acceptors (Lipinski definition) is 6. The molecule has 0 atom stereocenters. The van der Waals surface area contributed by atoms with Gasteiger partial charge in [0.15, 0.2) is 6.79 Å². The van der Waals surface area contributed by atoms with Gasteiger partial charge in [-0.1, -0.05) is 0 Å². The van der Waals surface area contributed by atoms with Crippen molar-refractivity contribution in [1.29, 1.82) is 0 Å². The maximum absolute atomic E-state index is 12.5. The van der Waals surface area contributed by atoms with Gasteiger partial charge in [0, 0.05) is 11.4 Å². The highest BCUT2D eigenvalue weighted by Gasteiger charge is 2.30. The zero-order valence-corrected chi connectivity index (χ0v) is 16.2. The van der Waals surface area contributed by atoms with Crippen molar-refractivity contribution in [3.63, 3.8) is 0 Å². The first kappa shape index (κ1) is 21.8. The molecule has 1 aliphatic rings. The fraction of sp³-hybridized carbons (Fsp3) is 0.381. The lowest BCUT2D eigenvalue weighted by Gasteiger charge is -2.28. The summed E-state index contributed by atoms with van der Waals surface area (Å²) in [7, 11) is 0. The van der Waals surface area contributed by atoms with E-state index >= 15 is 0 Å². The van der Waals surface area contributed by atoms with E-state index in [1.165, 1.54) is 24.3 Å². The van der Waals surface area contributed by atoms with Crippen LogP contribution in [0.1, 0.15) is 41.6 Å². The minimum atomic E-state index is -4.38. The van der Waals surface area contributed by atoms with E-state index < -0.39 is 17.7 Å². The topological polar surface area (TPSA) is 96.8 Å². The lowest BCUT2D eigenvalue weighted by molar-refractivity contribution is -0.137. The summed E-state index contributed by atoms with van der Waals surface area (Å²) in [4.78, 5) is 12.3. The fourth-order valence-corrected chi connectivity index (χ4v) is 3.27. The summed E-state index contributed by atoms with van der Waals surface area (Å²) in [6, 6.07) is 9.03. The maximum Gasteiger partial charge on any atom is 0.416 e. The number of nitrogen functional groups attached to an aromatic ring is 2. The Morgan fingerprint density at radius 1 is 0.933 bits per heavy atom. The first-order valence-electron chi connectivity index (χ1n) is 9.49. The first-order chi connectivity index (χ1) is 14.2. The van der Waals surface area contributed by atoms with Crippen molar-refractivity contribution in [1.82, 2.24) is 0 Å². The van der Waals surface area contributed by atoms with Crippen LogP contribution in [0.2, 0.25) is 0 Å². The predicted molar refractivity (Wildman–Crippen MR) is 105 cm³/mol. The maximum atomic E-state index is 12.5. The van der Waals surface area contributed by atoms with E-state index in [-0.39, 0.29) is 19.0 Å². The molecule has 30 heavy (non-hydrogen) atoms. The Hall–Kier alpha value is -2.94. The zero-order valence-electron chi connectivity index (χ0n) is 16.2. The van der Waals surface area contributed by atoms with Crippen molar-refractivity contribution < 1.29 is 32.2 Å². The van der Waals surface area contributed by atoms with Crippen LogP contribution < -0.4 is 16.2 Å². The van der Waals surface area contributed by atoms with Crippen LogP contribution in [0.5, 0.6) is 5.75 Å². The van der Waals surface area contributed by atoms with Crippen LogP contribution in [0, 0.1) is 0 Å². The van der Waals surface area contributed by atoms with E-state index in [4.69, 9.17) is 25.7 Å². The van der Waals surface area contributed by atoms with E-state index in [9.17, 15) is 18.0 Å². The number of rotatable bonds is 6. The Kier molecular flexibility index (Phi) is 6.71. The van der Waals surface area contributed by atoms with Gasteiger partial charge in [-0.3, -0.25) is 0 Å². The van der Waals surface area contributed by atoms with Crippen molar-refractivity contribution >= 4 is 17.3 Å². The van der Waals surface area contributed by atoms with Crippen molar-refractivity contribution in [2.45, 2.75) is 44.1 Å². The first-order valence-corrected chi connectivity index (χ1v) is 9.49. The molecule has 0 bridgehead atoms. The third kappa shape index (κ3) is 6.03. The van der Waals surface area contributed by atoms with Gasteiger partial charge in [-0.15, -0.1) is 0 Å². The lowest BCUT2D eigenvalue weighted by atomic mass is 9.95. The monoisotopic (exact) mass is 424 g/mol. The van der Waals surface area contributed by atoms with Crippen LogP contribution in [0.4, 0.5) is 24.5 Å². The summed E-state index contributed by atoms with van der Waals surface area (Å²) in [5.74, 6) is -0.170. The lowest BCUT2D eigenvalue weighted by Crippen LogP contribution is -2.29. The van der Waals surface area contributed by atoms with E-state index in [1.807, 2.05) is 0 Å². The Morgan fingerprint density at radius 2 is 1.50 bits per heavy atom. The van der Waals surface area contributed by atoms with Gasteiger partial charge in [0.25, 0.3) is 0 Å². The van der Waals surface area contributed by atoms with Crippen LogP contribution in [-0.4, -0.2) is 25.0 Å². The minimum Gasteiger partial charge on any atom is -0.468 e. The molecule has 1 saturated carbocycles. The summed E-state index contributed by atoms with van der Waals surface area (Å²) in [6.07, 6.45) is -2.06. The van der Waals surface area contributed by atoms with Gasteiger partial charge < -0.3 is 25.7 Å². The highest BCUT2D eigenvalue weighted by Crippen LogP contribution is 2.30. The molecule has 1 fully saturated rings. The van der Waals surface area contributed by atoms with Crippen LogP contribution in [0.25, 0.3) is 0 Å². The highest BCUT2D eigenvalue weighted by molar-refractivity contribution is 5.91. The molecule has 2 aromatic rings. The molecule has 1 aliphatic carbocycles. The third-order valence-corrected chi connectivity index (χ3v) is 4.82. The number of esters is 1. The summed E-state index contributed by atoms with van der Waals surface area (Å²) >= 11 is 0. The molecular formula is C21H23F3N2O4. The van der Waals surface area contributed by atoms with E-state index in [0.717, 1.165) is 12.1 Å².